The van der Waals surface area contributed by atoms with Crippen molar-refractivity contribution < 1.29 is 13.2 Å². The lowest BCUT2D eigenvalue weighted by atomic mass is 9.72. The Morgan fingerprint density at radius 3 is 2.55 bits per heavy atom. The molecule has 0 amide bonds. The second kappa shape index (κ2) is 5.68. The van der Waals surface area contributed by atoms with Crippen LogP contribution in [0.15, 0.2) is 12.3 Å². The molecule has 0 aromatic carbocycles. The molecular formula is C15H21F3N4. The van der Waals surface area contributed by atoms with Crippen molar-refractivity contribution in [2.75, 3.05) is 38.1 Å². The molecule has 2 fully saturated rings. The fourth-order valence-corrected chi connectivity index (χ4v) is 3.54. The van der Waals surface area contributed by atoms with Crippen molar-refractivity contribution in [3.05, 3.63) is 18.0 Å². The molecule has 0 bridgehead atoms. The van der Waals surface area contributed by atoms with E-state index in [1.165, 1.54) is 6.20 Å². The van der Waals surface area contributed by atoms with Crippen LogP contribution in [-0.4, -0.2) is 48.1 Å². The van der Waals surface area contributed by atoms with Gasteiger partial charge in [-0.3, -0.25) is 0 Å². The van der Waals surface area contributed by atoms with Gasteiger partial charge in [-0.05, 0) is 57.3 Å². The van der Waals surface area contributed by atoms with E-state index in [1.807, 2.05) is 4.90 Å². The summed E-state index contributed by atoms with van der Waals surface area (Å²) in [5.74, 6) is 0.216. The van der Waals surface area contributed by atoms with E-state index in [0.29, 0.717) is 0 Å². The van der Waals surface area contributed by atoms with E-state index in [4.69, 9.17) is 0 Å². The van der Waals surface area contributed by atoms with Crippen molar-refractivity contribution in [2.45, 2.75) is 31.9 Å². The van der Waals surface area contributed by atoms with Gasteiger partial charge in [0, 0.05) is 19.3 Å². The molecule has 0 atom stereocenters. The zero-order valence-corrected chi connectivity index (χ0v) is 12.7. The van der Waals surface area contributed by atoms with Crippen molar-refractivity contribution in [1.29, 1.82) is 0 Å². The number of rotatable bonds is 1. The summed E-state index contributed by atoms with van der Waals surface area (Å²) in [6.45, 7) is 3.61. The molecule has 0 saturated carbocycles. The fraction of sp³-hybridized carbons (Fsp3) is 0.733. The largest absolute Gasteiger partial charge is 0.433 e. The zero-order valence-electron chi connectivity index (χ0n) is 12.7. The highest BCUT2D eigenvalue weighted by Crippen LogP contribution is 2.40. The highest BCUT2D eigenvalue weighted by molar-refractivity contribution is 5.32. The molecule has 2 aliphatic heterocycles. The first-order valence-corrected chi connectivity index (χ1v) is 7.72. The second-order valence-electron chi connectivity index (χ2n) is 6.57. The average Bonchev–Trinajstić information content (AvgIpc) is 2.50. The van der Waals surface area contributed by atoms with Crippen LogP contribution in [0, 0.1) is 5.41 Å². The summed E-state index contributed by atoms with van der Waals surface area (Å²) in [5, 5.41) is 0. The minimum Gasteiger partial charge on any atom is -0.340 e. The number of hydrogen-bond donors (Lipinski definition) is 0. The number of piperidine rings is 2. The summed E-state index contributed by atoms with van der Waals surface area (Å²) < 4.78 is 38.4. The van der Waals surface area contributed by atoms with Crippen LogP contribution in [0.1, 0.15) is 31.4 Å². The fourth-order valence-electron chi connectivity index (χ4n) is 3.54. The summed E-state index contributed by atoms with van der Waals surface area (Å²) in [6.07, 6.45) is 1.12. The molecule has 22 heavy (non-hydrogen) atoms. The van der Waals surface area contributed by atoms with Crippen LogP contribution in [-0.2, 0) is 6.18 Å². The maximum absolute atomic E-state index is 12.8. The lowest BCUT2D eigenvalue weighted by molar-refractivity contribution is -0.141. The first-order chi connectivity index (χ1) is 10.4. The lowest BCUT2D eigenvalue weighted by Gasteiger charge is -2.47. The second-order valence-corrected chi connectivity index (χ2v) is 6.57. The minimum absolute atomic E-state index is 0.211. The monoisotopic (exact) mass is 314 g/mol. The van der Waals surface area contributed by atoms with E-state index >= 15 is 0 Å². The molecule has 122 valence electrons. The van der Waals surface area contributed by atoms with Crippen LogP contribution in [0.5, 0.6) is 0 Å². The molecule has 1 spiro atoms. The van der Waals surface area contributed by atoms with Gasteiger partial charge in [-0.1, -0.05) is 0 Å². The van der Waals surface area contributed by atoms with Gasteiger partial charge in [0.05, 0.1) is 0 Å². The van der Waals surface area contributed by atoms with Gasteiger partial charge in [-0.15, -0.1) is 0 Å². The summed E-state index contributed by atoms with van der Waals surface area (Å²) in [4.78, 5) is 12.1. The topological polar surface area (TPSA) is 32.3 Å². The number of halogens is 3. The molecule has 2 aliphatic rings. The Kier molecular flexibility index (Phi) is 4.01. The Labute approximate surface area is 128 Å². The van der Waals surface area contributed by atoms with E-state index in [-0.39, 0.29) is 11.4 Å². The van der Waals surface area contributed by atoms with E-state index < -0.39 is 11.9 Å². The smallest absolute Gasteiger partial charge is 0.340 e. The predicted octanol–water partition coefficient (Wildman–Crippen LogP) is 2.81. The molecular weight excluding hydrogens is 293 g/mol. The molecule has 0 unspecified atom stereocenters. The predicted molar refractivity (Wildman–Crippen MR) is 77.6 cm³/mol. The molecule has 4 nitrogen and oxygen atoms in total. The van der Waals surface area contributed by atoms with Gasteiger partial charge >= 0.3 is 6.18 Å². The van der Waals surface area contributed by atoms with Crippen LogP contribution < -0.4 is 4.90 Å². The van der Waals surface area contributed by atoms with Crippen LogP contribution in [0.3, 0.4) is 0 Å². The van der Waals surface area contributed by atoms with E-state index in [0.717, 1.165) is 57.9 Å². The molecule has 3 heterocycles. The molecule has 0 N–H and O–H groups in total. The van der Waals surface area contributed by atoms with Crippen LogP contribution in [0.25, 0.3) is 0 Å². The van der Waals surface area contributed by atoms with Crippen molar-refractivity contribution in [3.8, 4) is 0 Å². The van der Waals surface area contributed by atoms with E-state index in [2.05, 4.69) is 21.9 Å². The SMILES string of the molecule is CN1CCC2(CCCN(c3nccc(C(F)(F)F)n3)C2)CC1. The van der Waals surface area contributed by atoms with Crippen molar-refractivity contribution in [3.63, 3.8) is 0 Å². The van der Waals surface area contributed by atoms with Gasteiger partial charge in [-0.25, -0.2) is 9.97 Å². The molecule has 7 heteroatoms. The first-order valence-electron chi connectivity index (χ1n) is 7.72. The normalized spacial score (nSPS) is 23.0. The van der Waals surface area contributed by atoms with Gasteiger partial charge in [0.25, 0.3) is 0 Å². The van der Waals surface area contributed by atoms with Crippen LogP contribution in [0.2, 0.25) is 0 Å². The van der Waals surface area contributed by atoms with Crippen molar-refractivity contribution in [2.24, 2.45) is 5.41 Å². The summed E-state index contributed by atoms with van der Waals surface area (Å²) in [6, 6.07) is 0.929. The quantitative estimate of drug-likeness (QED) is 0.798. The summed E-state index contributed by atoms with van der Waals surface area (Å²) in [5.41, 5.74) is -0.650. The zero-order chi connectivity index (χ0) is 15.8. The average molecular weight is 314 g/mol. The van der Waals surface area contributed by atoms with Crippen molar-refractivity contribution >= 4 is 5.95 Å². The van der Waals surface area contributed by atoms with E-state index in [1.54, 1.807) is 0 Å². The Balaban J connectivity index is 1.78. The number of hydrogen-bond acceptors (Lipinski definition) is 4. The van der Waals surface area contributed by atoms with Crippen molar-refractivity contribution in [1.82, 2.24) is 14.9 Å². The Hall–Kier alpha value is -1.37. The van der Waals surface area contributed by atoms with Gasteiger partial charge in [0.15, 0.2) is 0 Å². The van der Waals surface area contributed by atoms with Gasteiger partial charge in [-0.2, -0.15) is 13.2 Å². The summed E-state index contributed by atoms with van der Waals surface area (Å²) >= 11 is 0. The molecule has 0 radical (unpaired) electrons. The van der Waals surface area contributed by atoms with E-state index in [9.17, 15) is 13.2 Å². The third-order valence-corrected chi connectivity index (χ3v) is 4.93. The third kappa shape index (κ3) is 3.19. The maximum atomic E-state index is 12.8. The number of alkyl halides is 3. The highest BCUT2D eigenvalue weighted by atomic mass is 19.4. The standard InChI is InChI=1S/C15H21F3N4/c1-21-9-5-14(6-10-21)4-2-8-22(11-14)13-19-7-3-12(20-13)15(16,17)18/h3,7H,2,4-6,8-11H2,1H3. The molecule has 1 aromatic rings. The highest BCUT2D eigenvalue weighted by Gasteiger charge is 2.39. The van der Waals surface area contributed by atoms with Gasteiger partial charge < -0.3 is 9.80 Å². The summed E-state index contributed by atoms with van der Waals surface area (Å²) in [7, 11) is 2.11. The number of nitrogens with zero attached hydrogens (tertiary/aromatic N) is 4. The molecule has 2 saturated heterocycles. The number of anilines is 1. The van der Waals surface area contributed by atoms with Crippen LogP contribution >= 0.6 is 0 Å². The van der Waals surface area contributed by atoms with Crippen LogP contribution in [0.4, 0.5) is 19.1 Å². The lowest BCUT2D eigenvalue weighted by Crippen LogP contribution is -2.49. The number of likely N-dealkylation sites (tertiary alicyclic amines) is 1. The molecule has 1 aromatic heterocycles. The Morgan fingerprint density at radius 2 is 1.86 bits per heavy atom. The maximum Gasteiger partial charge on any atom is 0.433 e. The van der Waals surface area contributed by atoms with Gasteiger partial charge in [0.1, 0.15) is 5.69 Å². The van der Waals surface area contributed by atoms with Gasteiger partial charge in [0.2, 0.25) is 5.95 Å². The molecule has 3 rings (SSSR count). The Morgan fingerprint density at radius 1 is 1.14 bits per heavy atom. The minimum atomic E-state index is -4.42. The number of aromatic nitrogens is 2. The Bertz CT molecular complexity index is 524. The third-order valence-electron chi connectivity index (χ3n) is 4.93. The first kappa shape index (κ1) is 15.5. The molecule has 0 aliphatic carbocycles.